The van der Waals surface area contributed by atoms with Crippen molar-refractivity contribution < 1.29 is 0 Å². The predicted octanol–water partition coefficient (Wildman–Crippen LogP) is 7.58. The average Bonchev–Trinajstić information content (AvgIpc) is 3.62. The Morgan fingerprint density at radius 3 is 1.70 bits per heavy atom. The minimum absolute atomic E-state index is 0.496. The Labute approximate surface area is 251 Å². The van der Waals surface area contributed by atoms with Gasteiger partial charge in [0.15, 0.2) is 11.6 Å². The Bertz CT molecular complexity index is 2430. The quantitative estimate of drug-likeness (QED) is 0.218. The smallest absolute Gasteiger partial charge is 0.238 e. The monoisotopic (exact) mass is 566 g/mol. The molecule has 0 aliphatic carbocycles. The molecule has 206 valence electrons. The van der Waals surface area contributed by atoms with Gasteiger partial charge in [0.05, 0.1) is 11.0 Å². The van der Waals surface area contributed by atoms with Crippen molar-refractivity contribution in [3.8, 4) is 34.4 Å². The van der Waals surface area contributed by atoms with Crippen molar-refractivity contribution in [3.05, 3.63) is 134 Å². The van der Waals surface area contributed by atoms with Crippen LogP contribution in [0.3, 0.4) is 0 Å². The SMILES string of the molecule is c1ccc(-c2nc(-c3ccccc3)nc(-n3c4ccccc4c4nnc5c6ncccc6n(-c6ccccc6)c5c43)n2)cc1. The van der Waals surface area contributed by atoms with E-state index < -0.39 is 0 Å². The molecule has 0 bridgehead atoms. The zero-order chi connectivity index (χ0) is 29.0. The number of hydrogen-bond donors (Lipinski definition) is 0. The van der Waals surface area contributed by atoms with Crippen LogP contribution in [-0.4, -0.2) is 39.3 Å². The van der Waals surface area contributed by atoms with Crippen LogP contribution in [0.4, 0.5) is 0 Å². The summed E-state index contributed by atoms with van der Waals surface area (Å²) >= 11 is 0. The van der Waals surface area contributed by atoms with E-state index in [0.717, 1.165) is 55.3 Å². The molecule has 0 aliphatic heterocycles. The molecule has 0 amide bonds. The number of para-hydroxylation sites is 2. The number of hydrogen-bond acceptors (Lipinski definition) is 6. The number of benzene rings is 4. The van der Waals surface area contributed by atoms with Gasteiger partial charge in [-0.25, -0.2) is 4.98 Å². The Morgan fingerprint density at radius 1 is 0.432 bits per heavy atom. The van der Waals surface area contributed by atoms with Crippen molar-refractivity contribution in [1.29, 1.82) is 0 Å². The second-order valence-electron chi connectivity index (χ2n) is 10.5. The van der Waals surface area contributed by atoms with Crippen LogP contribution in [0.2, 0.25) is 0 Å². The van der Waals surface area contributed by atoms with Gasteiger partial charge in [0.25, 0.3) is 0 Å². The zero-order valence-corrected chi connectivity index (χ0v) is 23.3. The number of nitrogens with zero attached hydrogens (tertiary/aromatic N) is 8. The van der Waals surface area contributed by atoms with Gasteiger partial charge in [0, 0.05) is 28.4 Å². The number of aromatic nitrogens is 8. The van der Waals surface area contributed by atoms with Gasteiger partial charge in [0.2, 0.25) is 5.95 Å². The maximum absolute atomic E-state index is 5.10. The van der Waals surface area contributed by atoms with Crippen LogP contribution >= 0.6 is 0 Å². The van der Waals surface area contributed by atoms with Crippen molar-refractivity contribution in [2.45, 2.75) is 0 Å². The Hall–Kier alpha value is -6.28. The lowest BCUT2D eigenvalue weighted by Crippen LogP contribution is -2.07. The molecule has 5 aromatic heterocycles. The molecule has 0 saturated heterocycles. The van der Waals surface area contributed by atoms with Crippen LogP contribution in [0.15, 0.2) is 134 Å². The van der Waals surface area contributed by atoms with Gasteiger partial charge in [-0.2, -0.15) is 9.97 Å². The second-order valence-corrected chi connectivity index (χ2v) is 10.5. The van der Waals surface area contributed by atoms with Crippen LogP contribution in [0.5, 0.6) is 0 Å². The third kappa shape index (κ3) is 3.64. The van der Waals surface area contributed by atoms with E-state index in [0.29, 0.717) is 23.1 Å². The van der Waals surface area contributed by atoms with Crippen molar-refractivity contribution in [1.82, 2.24) is 39.3 Å². The van der Waals surface area contributed by atoms with E-state index in [1.807, 2.05) is 97.1 Å². The van der Waals surface area contributed by atoms with E-state index in [4.69, 9.17) is 30.1 Å². The first-order valence-corrected chi connectivity index (χ1v) is 14.3. The minimum atomic E-state index is 0.496. The van der Waals surface area contributed by atoms with Crippen LogP contribution < -0.4 is 0 Å². The number of fused-ring (bicyclic) bond motifs is 7. The van der Waals surface area contributed by atoms with Gasteiger partial charge in [-0.3, -0.25) is 9.55 Å². The highest BCUT2D eigenvalue weighted by Crippen LogP contribution is 2.38. The largest absolute Gasteiger partial charge is 0.304 e. The van der Waals surface area contributed by atoms with Gasteiger partial charge >= 0.3 is 0 Å². The molecule has 0 fully saturated rings. The van der Waals surface area contributed by atoms with Crippen molar-refractivity contribution in [2.24, 2.45) is 0 Å². The summed E-state index contributed by atoms with van der Waals surface area (Å²) in [5.41, 5.74) is 8.65. The first kappa shape index (κ1) is 24.3. The summed E-state index contributed by atoms with van der Waals surface area (Å²) in [6.45, 7) is 0. The summed E-state index contributed by atoms with van der Waals surface area (Å²) in [5, 5.41) is 10.5. The molecule has 8 heteroatoms. The molecule has 8 nitrogen and oxygen atoms in total. The Kier molecular flexibility index (Phi) is 5.33. The van der Waals surface area contributed by atoms with Crippen LogP contribution in [0.1, 0.15) is 0 Å². The summed E-state index contributed by atoms with van der Waals surface area (Å²) in [7, 11) is 0. The minimum Gasteiger partial charge on any atom is -0.304 e. The van der Waals surface area contributed by atoms with Gasteiger partial charge in [-0.15, -0.1) is 10.2 Å². The molecule has 4 aromatic carbocycles. The topological polar surface area (TPSA) is 87.2 Å². The van der Waals surface area contributed by atoms with E-state index in [9.17, 15) is 0 Å². The highest BCUT2D eigenvalue weighted by molar-refractivity contribution is 6.19. The third-order valence-electron chi connectivity index (χ3n) is 7.92. The zero-order valence-electron chi connectivity index (χ0n) is 23.3. The molecule has 0 saturated carbocycles. The normalized spacial score (nSPS) is 11.6. The maximum atomic E-state index is 5.10. The van der Waals surface area contributed by atoms with Crippen LogP contribution in [0, 0.1) is 0 Å². The highest BCUT2D eigenvalue weighted by Gasteiger charge is 2.25. The van der Waals surface area contributed by atoms with E-state index in [1.165, 1.54) is 0 Å². The highest BCUT2D eigenvalue weighted by atomic mass is 15.2. The van der Waals surface area contributed by atoms with E-state index >= 15 is 0 Å². The fourth-order valence-corrected chi connectivity index (χ4v) is 6.00. The fourth-order valence-electron chi connectivity index (χ4n) is 6.00. The van der Waals surface area contributed by atoms with E-state index in [-0.39, 0.29) is 0 Å². The molecule has 44 heavy (non-hydrogen) atoms. The van der Waals surface area contributed by atoms with Crippen molar-refractivity contribution >= 4 is 44.0 Å². The number of rotatable bonds is 4. The summed E-state index contributed by atoms with van der Waals surface area (Å²) in [6, 6.07) is 42.5. The Morgan fingerprint density at radius 2 is 1.00 bits per heavy atom. The molecular formula is C36H22N8. The molecule has 0 aliphatic rings. The lowest BCUT2D eigenvalue weighted by Gasteiger charge is -2.12. The van der Waals surface area contributed by atoms with Crippen LogP contribution in [-0.2, 0) is 0 Å². The molecule has 0 spiro atoms. The molecule has 0 unspecified atom stereocenters. The molecule has 0 radical (unpaired) electrons. The van der Waals surface area contributed by atoms with Gasteiger partial charge in [-0.05, 0) is 30.3 Å². The van der Waals surface area contributed by atoms with Crippen molar-refractivity contribution in [2.75, 3.05) is 0 Å². The molecular weight excluding hydrogens is 544 g/mol. The molecule has 0 atom stereocenters. The van der Waals surface area contributed by atoms with E-state index in [1.54, 1.807) is 6.20 Å². The molecule has 0 N–H and O–H groups in total. The van der Waals surface area contributed by atoms with Crippen LogP contribution in [0.25, 0.3) is 78.4 Å². The molecule has 5 heterocycles. The van der Waals surface area contributed by atoms with Gasteiger partial charge in [0.1, 0.15) is 27.6 Å². The second kappa shape index (κ2) is 9.64. The standard InChI is InChI=1S/C36H22N8/c1-4-13-23(14-5-1)34-38-35(24-15-6-2-7-16-24)40-36(39-34)44-27-20-11-10-19-26(27)29-32(44)33-31(42-41-29)30-28(21-12-22-37-30)43(33)25-17-8-3-9-18-25/h1-22H. The number of pyridine rings is 1. The van der Waals surface area contributed by atoms with Crippen molar-refractivity contribution in [3.63, 3.8) is 0 Å². The molecule has 9 aromatic rings. The fraction of sp³-hybridized carbons (Fsp3) is 0. The third-order valence-corrected chi connectivity index (χ3v) is 7.92. The lowest BCUT2D eigenvalue weighted by molar-refractivity contribution is 0.951. The molecule has 9 rings (SSSR count). The summed E-state index contributed by atoms with van der Waals surface area (Å²) < 4.78 is 4.31. The van der Waals surface area contributed by atoms with Gasteiger partial charge in [-0.1, -0.05) is 97.1 Å². The summed E-state index contributed by atoms with van der Waals surface area (Å²) in [6.07, 6.45) is 1.79. The first-order chi connectivity index (χ1) is 21.8. The van der Waals surface area contributed by atoms with E-state index in [2.05, 4.69) is 39.5 Å². The van der Waals surface area contributed by atoms with Gasteiger partial charge < -0.3 is 4.57 Å². The summed E-state index contributed by atoms with van der Waals surface area (Å²) in [4.78, 5) is 19.9. The summed E-state index contributed by atoms with van der Waals surface area (Å²) in [5.74, 6) is 1.67. The maximum Gasteiger partial charge on any atom is 0.238 e. The predicted molar refractivity (Wildman–Crippen MR) is 173 cm³/mol. The average molecular weight is 567 g/mol. The first-order valence-electron chi connectivity index (χ1n) is 14.3. The Balaban J connectivity index is 1.48. The lowest BCUT2D eigenvalue weighted by atomic mass is 10.2.